The van der Waals surface area contributed by atoms with Crippen LogP contribution in [0.3, 0.4) is 0 Å². The Balaban J connectivity index is 0.00000317. The number of amides is 3. The van der Waals surface area contributed by atoms with Crippen molar-refractivity contribution in [1.29, 1.82) is 0 Å². The van der Waals surface area contributed by atoms with Crippen LogP contribution in [0.4, 0.5) is 0 Å². The summed E-state index contributed by atoms with van der Waals surface area (Å²) in [5.41, 5.74) is 9.88. The number of cyclic esters (lactones) is 1. The summed E-state index contributed by atoms with van der Waals surface area (Å²) in [5, 5.41) is 16.7. The number of aromatic nitrogens is 2. The summed E-state index contributed by atoms with van der Waals surface area (Å²) in [6.07, 6.45) is 5.23. The molecule has 3 N–H and O–H groups in total. The van der Waals surface area contributed by atoms with Gasteiger partial charge in [-0.1, -0.05) is 39.8 Å². The van der Waals surface area contributed by atoms with Crippen LogP contribution in [-0.4, -0.2) is 131 Å². The molecule has 66 heavy (non-hydrogen) atoms. The molecule has 3 amide bonds. The molecule has 0 radical (unpaired) electrons. The Kier molecular flexibility index (Phi) is 19.4. The molecule has 4 aromatic rings. The molecule has 18 heteroatoms. The van der Waals surface area contributed by atoms with Crippen molar-refractivity contribution in [1.82, 2.24) is 35.1 Å². The summed E-state index contributed by atoms with van der Waals surface area (Å²) in [6, 6.07) is 10.7. The van der Waals surface area contributed by atoms with E-state index >= 15 is 0 Å². The summed E-state index contributed by atoms with van der Waals surface area (Å²) in [5.74, 6) is -1.87. The zero-order chi connectivity index (χ0) is 45.0. The van der Waals surface area contributed by atoms with Crippen molar-refractivity contribution in [2.45, 2.75) is 91.6 Å². The van der Waals surface area contributed by atoms with Gasteiger partial charge in [-0.3, -0.25) is 34.1 Å². The number of aryl methyl sites for hydroxylation is 1. The molecule has 0 saturated carbocycles. The quantitative estimate of drug-likeness (QED) is 0.182. The fourth-order valence-corrected chi connectivity index (χ4v) is 9.33. The molecule has 0 spiro atoms. The molecular weight excluding hydrogens is 899 g/mol. The Bertz CT molecular complexity index is 2340. The number of hydrogen-bond donors (Lipinski definition) is 3. The third-order valence-electron chi connectivity index (χ3n) is 12.5. The number of carbonyl (C=O) groups is 4. The van der Waals surface area contributed by atoms with Crippen molar-refractivity contribution in [3.8, 4) is 28.1 Å². The largest absolute Gasteiger partial charge is 0.508 e. The number of rotatable bonds is 10. The van der Waals surface area contributed by atoms with E-state index in [1.807, 2.05) is 43.1 Å². The molecule has 3 atom stereocenters. The number of fused-ring (bicyclic) bond motifs is 6. The van der Waals surface area contributed by atoms with Crippen LogP contribution in [0.15, 0.2) is 54.9 Å². The topological polar surface area (TPSA) is 168 Å². The highest BCUT2D eigenvalue weighted by atomic mass is 32.1. The number of nitrogens with one attached hydrogen (secondary N) is 2. The predicted molar refractivity (Wildman–Crippen MR) is 270 cm³/mol. The number of phenolic OH excluding ortho intramolecular Hbond substituents is 1. The molecule has 2 aromatic carbocycles. The first-order valence-corrected chi connectivity index (χ1v) is 22.2. The van der Waals surface area contributed by atoms with E-state index in [4.69, 9.17) is 14.2 Å². The Morgan fingerprint density at radius 2 is 1.79 bits per heavy atom. The highest BCUT2D eigenvalue weighted by Gasteiger charge is 2.38. The lowest BCUT2D eigenvalue weighted by Gasteiger charge is -2.37. The summed E-state index contributed by atoms with van der Waals surface area (Å²) in [7, 11) is 3.30. The molecule has 3 aliphatic rings. The van der Waals surface area contributed by atoms with Gasteiger partial charge in [0.1, 0.15) is 23.9 Å². The first kappa shape index (κ1) is 54.3. The van der Waals surface area contributed by atoms with Gasteiger partial charge in [0.15, 0.2) is 0 Å². The van der Waals surface area contributed by atoms with Crippen LogP contribution in [0, 0.1) is 11.3 Å². The third-order valence-corrected chi connectivity index (χ3v) is 12.5. The monoisotopic (exact) mass is 967 g/mol. The van der Waals surface area contributed by atoms with E-state index in [-0.39, 0.29) is 77.6 Å². The average molecular weight is 968 g/mol. The van der Waals surface area contributed by atoms with Gasteiger partial charge >= 0.3 is 5.97 Å². The lowest BCUT2D eigenvalue weighted by Crippen LogP contribution is -2.62. The van der Waals surface area contributed by atoms with Gasteiger partial charge in [0.05, 0.1) is 38.7 Å². The third kappa shape index (κ3) is 12.2. The average Bonchev–Trinajstić information content (AvgIpc) is 3.56. The molecule has 2 aromatic heterocycles. The van der Waals surface area contributed by atoms with Crippen molar-refractivity contribution in [2.24, 2.45) is 11.3 Å². The number of carbonyl (C=O) groups excluding carboxylic acids is 4. The molecule has 3 aliphatic heterocycles. The Morgan fingerprint density at radius 3 is 2.48 bits per heavy atom. The number of nitrogens with zero attached hydrogens (tertiary/aromatic N) is 5. The van der Waals surface area contributed by atoms with Crippen LogP contribution in [0.1, 0.15) is 64.2 Å². The summed E-state index contributed by atoms with van der Waals surface area (Å²) in [4.78, 5) is 64.5. The van der Waals surface area contributed by atoms with Crippen molar-refractivity contribution in [3.05, 3.63) is 71.5 Å². The second kappa shape index (κ2) is 23.6. The summed E-state index contributed by atoms with van der Waals surface area (Å²) in [6.45, 7) is 14.0. The maximum atomic E-state index is 14.6. The first-order valence-electron chi connectivity index (χ1n) is 22.2. The minimum atomic E-state index is -1.12. The summed E-state index contributed by atoms with van der Waals surface area (Å²) < 4.78 is 19.5. The van der Waals surface area contributed by atoms with E-state index < -0.39 is 41.3 Å². The standard InChI is InChI=1S/C48H63N7O8.3H2S/c1-8-54-41-12-11-32-24-36(41)37(44(54)38-26-49-14-13-33(38)28-61-7)25-48(4,5)29-63-47(60)39-10-9-15-55(51-39)46(59)40(22-31-20-34(32)23-35(56)21-31)50-45(58)43(30(2)3)52(6)42(57)27-53-16-18-62-19-17-53;;;/h11-14,20-21,23-24,26,30,39-40,43,51,56H,8-10,15-19,22,25,27-29H2,1-7H3,(H,50,58);3*1H2/t39-,40-,43-;;;/m0.../s1. The van der Waals surface area contributed by atoms with Crippen LogP contribution < -0.4 is 10.7 Å². The maximum Gasteiger partial charge on any atom is 0.324 e. The molecule has 15 nitrogen and oxygen atoms in total. The smallest absolute Gasteiger partial charge is 0.324 e. The van der Waals surface area contributed by atoms with Crippen LogP contribution >= 0.6 is 40.5 Å². The first-order chi connectivity index (χ1) is 30.2. The number of pyridine rings is 1. The SMILES string of the molecule is CCn1c(-c2cnccc2COC)c2c3cc(ccc31)-c1cc(O)cc(c1)C[C@H](NC(=O)[C@H](C(C)C)N(C)C(=O)CN1CCOCC1)C(=O)N1CCC[C@H](N1)C(=O)OCC(C)(C)C2.S.S.S. The lowest BCUT2D eigenvalue weighted by atomic mass is 9.84. The number of ether oxygens (including phenoxy) is 3. The molecule has 5 heterocycles. The van der Waals surface area contributed by atoms with Gasteiger partial charge in [-0.2, -0.15) is 40.5 Å². The number of methoxy groups -OCH3 is 1. The van der Waals surface area contributed by atoms with Gasteiger partial charge in [0.25, 0.3) is 5.91 Å². The minimum absolute atomic E-state index is 0. The van der Waals surface area contributed by atoms with Crippen molar-refractivity contribution in [3.63, 3.8) is 0 Å². The zero-order valence-electron chi connectivity index (χ0n) is 39.2. The van der Waals surface area contributed by atoms with Crippen LogP contribution in [-0.2, 0) is 59.4 Å². The molecular formula is C48H69N7O8S3. The predicted octanol–water partition coefficient (Wildman–Crippen LogP) is 5.04. The van der Waals surface area contributed by atoms with Crippen molar-refractivity contribution in [2.75, 3.05) is 60.2 Å². The van der Waals surface area contributed by atoms with Crippen LogP contribution in [0.25, 0.3) is 33.3 Å². The molecule has 2 saturated heterocycles. The number of hydrazine groups is 1. The maximum absolute atomic E-state index is 14.6. The molecule has 6 bridgehead atoms. The molecule has 362 valence electrons. The van der Waals surface area contributed by atoms with E-state index in [0.29, 0.717) is 70.8 Å². The minimum Gasteiger partial charge on any atom is -0.508 e. The van der Waals surface area contributed by atoms with E-state index in [9.17, 15) is 24.3 Å². The van der Waals surface area contributed by atoms with E-state index in [1.165, 1.54) is 9.91 Å². The highest BCUT2D eigenvalue weighted by Crippen LogP contribution is 2.41. The molecule has 0 unspecified atom stereocenters. The Hall–Kier alpha value is -4.30. The van der Waals surface area contributed by atoms with E-state index in [0.717, 1.165) is 44.4 Å². The molecule has 2 fully saturated rings. The lowest BCUT2D eigenvalue weighted by molar-refractivity contribution is -0.155. The van der Waals surface area contributed by atoms with Gasteiger partial charge in [0.2, 0.25) is 11.8 Å². The number of esters is 1. The second-order valence-corrected chi connectivity index (χ2v) is 18.3. The van der Waals surface area contributed by atoms with E-state index in [2.05, 4.69) is 53.2 Å². The fraction of sp³-hybridized carbons (Fsp3) is 0.521. The number of benzene rings is 2. The zero-order valence-corrected chi connectivity index (χ0v) is 42.2. The fourth-order valence-electron chi connectivity index (χ4n) is 9.33. The number of hydrogen-bond acceptors (Lipinski definition) is 11. The van der Waals surface area contributed by atoms with E-state index in [1.54, 1.807) is 32.5 Å². The Labute approximate surface area is 409 Å². The molecule has 7 rings (SSSR count). The van der Waals surface area contributed by atoms with Gasteiger partial charge in [-0.15, -0.1) is 0 Å². The number of likely N-dealkylation sites (N-methyl/N-ethyl adjacent to an activating group) is 1. The highest BCUT2D eigenvalue weighted by molar-refractivity contribution is 7.59. The van der Waals surface area contributed by atoms with Gasteiger partial charge in [-0.25, -0.2) is 5.43 Å². The number of phenols is 1. The van der Waals surface area contributed by atoms with Gasteiger partial charge < -0.3 is 34.1 Å². The van der Waals surface area contributed by atoms with Crippen molar-refractivity contribution >= 4 is 75.1 Å². The van der Waals surface area contributed by atoms with Gasteiger partial charge in [-0.05, 0) is 90.3 Å². The summed E-state index contributed by atoms with van der Waals surface area (Å²) >= 11 is 0. The second-order valence-electron chi connectivity index (χ2n) is 18.3. The number of aromatic hydroxyl groups is 1. The Morgan fingerprint density at radius 1 is 1.05 bits per heavy atom. The van der Waals surface area contributed by atoms with Crippen LogP contribution in [0.2, 0.25) is 0 Å². The number of morpholine rings is 1. The van der Waals surface area contributed by atoms with Crippen molar-refractivity contribution < 1.29 is 38.5 Å². The normalized spacial score (nSPS) is 19.4. The van der Waals surface area contributed by atoms with Crippen LogP contribution in [0.5, 0.6) is 5.75 Å². The van der Waals surface area contributed by atoms with Gasteiger partial charge in [0, 0.05) is 81.0 Å². The molecule has 0 aliphatic carbocycles.